The average molecular weight is 297 g/mol. The molecule has 6 heteroatoms. The van der Waals surface area contributed by atoms with E-state index in [0.29, 0.717) is 18.2 Å². The van der Waals surface area contributed by atoms with Crippen molar-refractivity contribution in [3.63, 3.8) is 0 Å². The summed E-state index contributed by atoms with van der Waals surface area (Å²) in [5.74, 6) is 0.0261. The second-order valence-electron chi connectivity index (χ2n) is 4.99. The fourth-order valence-corrected chi connectivity index (χ4v) is 3.07. The fourth-order valence-electron chi connectivity index (χ4n) is 1.76. The zero-order valence-electron chi connectivity index (χ0n) is 12.3. The molecule has 0 aliphatic carbocycles. The quantitative estimate of drug-likeness (QED) is 0.589. The second-order valence-corrected chi connectivity index (χ2v) is 7.10. The van der Waals surface area contributed by atoms with Gasteiger partial charge in [-0.05, 0) is 32.5 Å². The molecule has 0 spiro atoms. The molecule has 0 saturated carbocycles. The largest absolute Gasteiger partial charge is 0.384 e. The summed E-state index contributed by atoms with van der Waals surface area (Å²) in [6.45, 7) is 4.66. The Hall–Kier alpha value is -1.40. The number of rotatable bonds is 7. The van der Waals surface area contributed by atoms with Gasteiger partial charge in [-0.2, -0.15) is 0 Å². The molecule has 0 amide bonds. The van der Waals surface area contributed by atoms with Crippen LogP contribution in [0, 0.1) is 5.41 Å². The number of nitrogens with one attached hydrogen (secondary N) is 1. The lowest BCUT2D eigenvalue weighted by Gasteiger charge is -2.23. The van der Waals surface area contributed by atoms with Gasteiger partial charge in [-0.3, -0.25) is 5.41 Å². The van der Waals surface area contributed by atoms with Crippen molar-refractivity contribution in [2.75, 3.05) is 19.3 Å². The molecule has 0 aliphatic heterocycles. The number of sulfone groups is 1. The monoisotopic (exact) mass is 297 g/mol. The molecule has 0 bridgehead atoms. The first kappa shape index (κ1) is 16.7. The van der Waals surface area contributed by atoms with E-state index in [2.05, 4.69) is 13.8 Å². The molecule has 0 heterocycles. The van der Waals surface area contributed by atoms with Crippen LogP contribution in [0.5, 0.6) is 0 Å². The zero-order valence-corrected chi connectivity index (χ0v) is 13.1. The lowest BCUT2D eigenvalue weighted by atomic mass is 10.2. The van der Waals surface area contributed by atoms with Crippen LogP contribution < -0.4 is 5.73 Å². The van der Waals surface area contributed by atoms with Gasteiger partial charge in [-0.15, -0.1) is 0 Å². The highest BCUT2D eigenvalue weighted by Crippen LogP contribution is 2.13. The molecule has 1 rings (SSSR count). The molecule has 20 heavy (non-hydrogen) atoms. The van der Waals surface area contributed by atoms with Gasteiger partial charge in [0, 0.05) is 18.2 Å². The molecule has 1 aromatic rings. The minimum absolute atomic E-state index is 0.0644. The Labute approximate surface area is 121 Å². The lowest BCUT2D eigenvalue weighted by molar-refractivity contribution is 0.266. The van der Waals surface area contributed by atoms with Crippen molar-refractivity contribution < 1.29 is 8.42 Å². The highest BCUT2D eigenvalue weighted by Gasteiger charge is 2.17. The van der Waals surface area contributed by atoms with Crippen molar-refractivity contribution >= 4 is 15.7 Å². The highest BCUT2D eigenvalue weighted by atomic mass is 32.2. The molecule has 1 unspecified atom stereocenters. The summed E-state index contributed by atoms with van der Waals surface area (Å²) in [5, 5.41) is 7.29. The van der Waals surface area contributed by atoms with Crippen molar-refractivity contribution in [2.24, 2.45) is 5.73 Å². The van der Waals surface area contributed by atoms with Gasteiger partial charge >= 0.3 is 0 Å². The standard InChI is InChI=1S/C14H23N3O2S/c1-4-11(2)17(3)9-10-20(18,19)13-7-5-12(6-8-13)14(15)16/h5-8,11H,4,9-10H2,1-3H3,(H3,15,16). The summed E-state index contributed by atoms with van der Waals surface area (Å²) in [6, 6.07) is 6.51. The molecule has 0 radical (unpaired) electrons. The van der Waals surface area contributed by atoms with Crippen LogP contribution in [0.4, 0.5) is 0 Å². The van der Waals surface area contributed by atoms with E-state index >= 15 is 0 Å². The first-order chi connectivity index (χ1) is 9.27. The summed E-state index contributed by atoms with van der Waals surface area (Å²) in [5.41, 5.74) is 5.88. The van der Waals surface area contributed by atoms with Gasteiger partial charge in [0.25, 0.3) is 0 Å². The van der Waals surface area contributed by atoms with Gasteiger partial charge in [-0.25, -0.2) is 8.42 Å². The van der Waals surface area contributed by atoms with Crippen LogP contribution >= 0.6 is 0 Å². The van der Waals surface area contributed by atoms with Crippen LogP contribution in [0.15, 0.2) is 29.2 Å². The van der Waals surface area contributed by atoms with Crippen molar-refractivity contribution in [3.8, 4) is 0 Å². The Kier molecular flexibility index (Phi) is 5.71. The van der Waals surface area contributed by atoms with E-state index < -0.39 is 9.84 Å². The third kappa shape index (κ3) is 4.31. The number of nitrogens with zero attached hydrogens (tertiary/aromatic N) is 1. The molecule has 0 fully saturated rings. The smallest absolute Gasteiger partial charge is 0.179 e. The molecular formula is C14H23N3O2S. The molecule has 3 N–H and O–H groups in total. The van der Waals surface area contributed by atoms with E-state index in [0.717, 1.165) is 6.42 Å². The second kappa shape index (κ2) is 6.85. The normalized spacial score (nSPS) is 13.4. The summed E-state index contributed by atoms with van der Waals surface area (Å²) < 4.78 is 24.4. The molecule has 1 atom stereocenters. The maximum atomic E-state index is 12.2. The third-order valence-electron chi connectivity index (χ3n) is 3.58. The van der Waals surface area contributed by atoms with Crippen molar-refractivity contribution in [2.45, 2.75) is 31.2 Å². The van der Waals surface area contributed by atoms with Gasteiger partial charge in [0.05, 0.1) is 10.6 Å². The Morgan fingerprint density at radius 3 is 2.35 bits per heavy atom. The Balaban J connectivity index is 2.76. The fraction of sp³-hybridized carbons (Fsp3) is 0.500. The van der Waals surface area contributed by atoms with Crippen LogP contribution in [0.25, 0.3) is 0 Å². The SMILES string of the molecule is CCC(C)N(C)CCS(=O)(=O)c1ccc(C(=N)N)cc1. The minimum atomic E-state index is -3.29. The Morgan fingerprint density at radius 2 is 1.90 bits per heavy atom. The van der Waals surface area contributed by atoms with Gasteiger partial charge < -0.3 is 10.6 Å². The maximum Gasteiger partial charge on any atom is 0.179 e. The number of hydrogen-bond acceptors (Lipinski definition) is 4. The van der Waals surface area contributed by atoms with E-state index in [1.54, 1.807) is 12.1 Å². The molecule has 5 nitrogen and oxygen atoms in total. The van der Waals surface area contributed by atoms with Crippen LogP contribution in [-0.4, -0.2) is 44.5 Å². The van der Waals surface area contributed by atoms with E-state index in [1.807, 2.05) is 11.9 Å². The number of benzene rings is 1. The van der Waals surface area contributed by atoms with Crippen LogP contribution in [0.1, 0.15) is 25.8 Å². The maximum absolute atomic E-state index is 12.2. The Bertz CT molecular complexity index is 552. The average Bonchev–Trinajstić information content (AvgIpc) is 2.44. The number of amidine groups is 1. The summed E-state index contributed by atoms with van der Waals surface area (Å²) in [6.07, 6.45) is 0.990. The first-order valence-electron chi connectivity index (χ1n) is 6.65. The highest BCUT2D eigenvalue weighted by molar-refractivity contribution is 7.91. The molecule has 112 valence electrons. The molecule has 0 aliphatic rings. The molecular weight excluding hydrogens is 274 g/mol. The molecule has 1 aromatic carbocycles. The van der Waals surface area contributed by atoms with Gasteiger partial charge in [0.15, 0.2) is 9.84 Å². The minimum Gasteiger partial charge on any atom is -0.384 e. The van der Waals surface area contributed by atoms with E-state index in [4.69, 9.17) is 11.1 Å². The van der Waals surface area contributed by atoms with Crippen LogP contribution in [-0.2, 0) is 9.84 Å². The first-order valence-corrected chi connectivity index (χ1v) is 8.30. The zero-order chi connectivity index (χ0) is 15.3. The van der Waals surface area contributed by atoms with Crippen molar-refractivity contribution in [1.82, 2.24) is 4.90 Å². The van der Waals surface area contributed by atoms with Gasteiger partial charge in [0.2, 0.25) is 0 Å². The van der Waals surface area contributed by atoms with Crippen molar-refractivity contribution in [3.05, 3.63) is 29.8 Å². The Morgan fingerprint density at radius 1 is 1.35 bits per heavy atom. The summed E-state index contributed by atoms with van der Waals surface area (Å²) >= 11 is 0. The van der Waals surface area contributed by atoms with E-state index in [9.17, 15) is 8.42 Å². The topological polar surface area (TPSA) is 87.2 Å². The van der Waals surface area contributed by atoms with Gasteiger partial charge in [0.1, 0.15) is 5.84 Å². The third-order valence-corrected chi connectivity index (χ3v) is 5.29. The lowest BCUT2D eigenvalue weighted by Crippen LogP contribution is -2.33. The van der Waals surface area contributed by atoms with Crippen molar-refractivity contribution in [1.29, 1.82) is 5.41 Å². The van der Waals surface area contributed by atoms with E-state index in [1.165, 1.54) is 12.1 Å². The molecule has 0 aromatic heterocycles. The van der Waals surface area contributed by atoms with Gasteiger partial charge in [-0.1, -0.05) is 19.1 Å². The van der Waals surface area contributed by atoms with Crippen LogP contribution in [0.3, 0.4) is 0 Å². The number of nitrogens with two attached hydrogens (primary N) is 1. The predicted molar refractivity (Wildman–Crippen MR) is 81.9 cm³/mol. The number of nitrogen functional groups attached to an aromatic ring is 1. The van der Waals surface area contributed by atoms with Crippen LogP contribution in [0.2, 0.25) is 0 Å². The predicted octanol–water partition coefficient (Wildman–Crippen LogP) is 1.47. The van der Waals surface area contributed by atoms with E-state index in [-0.39, 0.29) is 16.5 Å². The molecule has 0 saturated heterocycles. The summed E-state index contributed by atoms with van der Waals surface area (Å²) in [7, 11) is -1.36. The number of hydrogen-bond donors (Lipinski definition) is 2. The summed E-state index contributed by atoms with van der Waals surface area (Å²) in [4.78, 5) is 2.32.